The van der Waals surface area contributed by atoms with E-state index in [1.165, 1.54) is 24.1 Å². The maximum Gasteiger partial charge on any atom is 0.410 e. The predicted octanol–water partition coefficient (Wildman–Crippen LogP) is 4.85. The number of carbonyl (C=O) groups is 3. The average molecular weight is 478 g/mol. The summed E-state index contributed by atoms with van der Waals surface area (Å²) >= 11 is 0. The van der Waals surface area contributed by atoms with Crippen molar-refractivity contribution >= 4 is 18.0 Å². The normalized spacial score (nSPS) is 10.5. The summed E-state index contributed by atoms with van der Waals surface area (Å²) in [6.07, 6.45) is -0.707. The molecular weight excluding hydrogens is 450 g/mol. The molecular formula is C27H27NO7. The van der Waals surface area contributed by atoms with E-state index in [2.05, 4.69) is 0 Å². The first-order valence-electron chi connectivity index (χ1n) is 11.0. The number of rotatable bonds is 10. The van der Waals surface area contributed by atoms with Crippen LogP contribution in [0.2, 0.25) is 0 Å². The summed E-state index contributed by atoms with van der Waals surface area (Å²) in [7, 11) is 1.50. The zero-order chi connectivity index (χ0) is 25.4. The van der Waals surface area contributed by atoms with Crippen molar-refractivity contribution in [1.29, 1.82) is 0 Å². The van der Waals surface area contributed by atoms with Crippen molar-refractivity contribution in [2.45, 2.75) is 26.5 Å². The molecule has 0 spiro atoms. The van der Waals surface area contributed by atoms with Gasteiger partial charge in [0.25, 0.3) is 0 Å². The molecule has 3 aromatic rings. The third-order valence-electron chi connectivity index (χ3n) is 5.47. The number of hydrogen-bond acceptors (Lipinski definition) is 5. The Kier molecular flexibility index (Phi) is 8.45. The number of benzene rings is 3. The monoisotopic (exact) mass is 477 g/mol. The number of carboxylic acids is 2. The second kappa shape index (κ2) is 11.7. The number of aromatic carboxylic acids is 1. The Bertz CT molecular complexity index is 1210. The van der Waals surface area contributed by atoms with Gasteiger partial charge < -0.3 is 24.6 Å². The maximum atomic E-state index is 12.8. The quantitative estimate of drug-likeness (QED) is 0.429. The van der Waals surface area contributed by atoms with E-state index in [-0.39, 0.29) is 25.1 Å². The van der Waals surface area contributed by atoms with Crippen molar-refractivity contribution in [3.63, 3.8) is 0 Å². The van der Waals surface area contributed by atoms with E-state index >= 15 is 0 Å². The van der Waals surface area contributed by atoms with Crippen molar-refractivity contribution in [2.75, 3.05) is 13.7 Å². The number of hydrogen-bond donors (Lipinski definition) is 2. The number of carbonyl (C=O) groups excluding carboxylic acids is 1. The Morgan fingerprint density at radius 3 is 2.26 bits per heavy atom. The van der Waals surface area contributed by atoms with Crippen LogP contribution in [-0.2, 0) is 29.1 Å². The maximum absolute atomic E-state index is 12.8. The number of ether oxygens (including phenoxy) is 2. The van der Waals surface area contributed by atoms with Gasteiger partial charge in [0.05, 0.1) is 19.1 Å². The molecule has 2 N–H and O–H groups in total. The molecule has 182 valence electrons. The zero-order valence-electron chi connectivity index (χ0n) is 19.6. The third kappa shape index (κ3) is 6.60. The smallest absolute Gasteiger partial charge is 0.410 e. The molecule has 8 nitrogen and oxygen atoms in total. The average Bonchev–Trinajstić information content (AvgIpc) is 2.85. The molecule has 0 saturated carbocycles. The molecule has 8 heteroatoms. The summed E-state index contributed by atoms with van der Waals surface area (Å²) in [5.74, 6) is -1.57. The van der Waals surface area contributed by atoms with Crippen LogP contribution in [0.5, 0.6) is 5.75 Å². The lowest BCUT2D eigenvalue weighted by Gasteiger charge is -2.23. The van der Waals surface area contributed by atoms with Crippen molar-refractivity contribution in [3.8, 4) is 16.9 Å². The van der Waals surface area contributed by atoms with Gasteiger partial charge in [-0.05, 0) is 53.4 Å². The topological polar surface area (TPSA) is 113 Å². The molecule has 0 aliphatic heterocycles. The number of amides is 1. The lowest BCUT2D eigenvalue weighted by Crippen LogP contribution is -2.31. The van der Waals surface area contributed by atoms with Crippen molar-refractivity contribution in [3.05, 3.63) is 89.0 Å². The fraction of sp³-hybridized carbons (Fsp3) is 0.222. The van der Waals surface area contributed by atoms with E-state index in [4.69, 9.17) is 9.47 Å². The highest BCUT2D eigenvalue weighted by Gasteiger charge is 2.20. The van der Waals surface area contributed by atoms with Gasteiger partial charge >= 0.3 is 18.0 Å². The van der Waals surface area contributed by atoms with Crippen LogP contribution in [0, 0.1) is 0 Å². The van der Waals surface area contributed by atoms with Crippen molar-refractivity contribution in [2.24, 2.45) is 0 Å². The molecule has 0 aliphatic carbocycles. The van der Waals surface area contributed by atoms with Crippen molar-refractivity contribution in [1.82, 2.24) is 4.90 Å². The van der Waals surface area contributed by atoms with Gasteiger partial charge in [-0.3, -0.25) is 4.79 Å². The fourth-order valence-electron chi connectivity index (χ4n) is 3.69. The van der Waals surface area contributed by atoms with Crippen LogP contribution in [0.1, 0.15) is 34.0 Å². The Labute approximate surface area is 203 Å². The molecule has 0 aliphatic rings. The Morgan fingerprint density at radius 1 is 0.886 bits per heavy atom. The molecule has 0 unspecified atom stereocenters. The molecule has 0 radical (unpaired) electrons. The molecule has 35 heavy (non-hydrogen) atoms. The molecule has 0 heterocycles. The van der Waals surface area contributed by atoms with Crippen LogP contribution in [-0.4, -0.2) is 46.8 Å². The first kappa shape index (κ1) is 25.3. The van der Waals surface area contributed by atoms with E-state index in [9.17, 15) is 24.6 Å². The molecule has 0 aromatic heterocycles. The van der Waals surface area contributed by atoms with Gasteiger partial charge in [0.15, 0.2) is 0 Å². The minimum atomic E-state index is -1.10. The lowest BCUT2D eigenvalue weighted by atomic mass is 9.94. The highest BCUT2D eigenvalue weighted by molar-refractivity contribution is 5.89. The summed E-state index contributed by atoms with van der Waals surface area (Å²) in [6.45, 7) is 2.34. The molecule has 0 atom stereocenters. The van der Waals surface area contributed by atoms with Gasteiger partial charge in [0.1, 0.15) is 12.4 Å². The van der Waals surface area contributed by atoms with Crippen LogP contribution in [0.15, 0.2) is 66.7 Å². The van der Waals surface area contributed by atoms with Gasteiger partial charge in [-0.2, -0.15) is 0 Å². The zero-order valence-corrected chi connectivity index (χ0v) is 19.6. The molecule has 1 amide bonds. The Hall–Kier alpha value is -4.33. The molecule has 0 fully saturated rings. The van der Waals surface area contributed by atoms with Crippen LogP contribution in [0.25, 0.3) is 11.1 Å². The van der Waals surface area contributed by atoms with Crippen LogP contribution >= 0.6 is 0 Å². The van der Waals surface area contributed by atoms with E-state index in [0.29, 0.717) is 34.5 Å². The number of carboxylic acid groups (broad SMARTS) is 2. The predicted molar refractivity (Wildman–Crippen MR) is 129 cm³/mol. The van der Waals surface area contributed by atoms with Crippen molar-refractivity contribution < 1.29 is 34.1 Å². The van der Waals surface area contributed by atoms with Gasteiger partial charge in [0.2, 0.25) is 0 Å². The van der Waals surface area contributed by atoms with Gasteiger partial charge in [-0.25, -0.2) is 9.59 Å². The number of nitrogens with zero attached hydrogens (tertiary/aromatic N) is 1. The minimum absolute atomic E-state index is 0.0677. The number of methoxy groups -OCH3 is 1. The first-order chi connectivity index (χ1) is 16.8. The Morgan fingerprint density at radius 2 is 1.63 bits per heavy atom. The van der Waals surface area contributed by atoms with Gasteiger partial charge in [-0.15, -0.1) is 0 Å². The molecule has 0 saturated heterocycles. The summed E-state index contributed by atoms with van der Waals surface area (Å²) < 4.78 is 11.0. The largest absolute Gasteiger partial charge is 0.496 e. The van der Waals surface area contributed by atoms with E-state index < -0.39 is 18.0 Å². The standard InChI is InChI=1S/C27H27NO7/c1-3-28(27(33)35-17-18-7-5-4-6-8-18)16-21-15-20(26(31)32)10-11-22(21)23-13-19(14-25(29)30)9-12-24(23)34-2/h4-13,15H,3,14,16-17H2,1-2H3,(H,29,30)(H,31,32). The van der Waals surface area contributed by atoms with E-state index in [0.717, 1.165) is 5.56 Å². The molecule has 3 rings (SSSR count). The molecule has 0 bridgehead atoms. The molecule has 3 aromatic carbocycles. The van der Waals surface area contributed by atoms with Crippen LogP contribution in [0.3, 0.4) is 0 Å². The highest BCUT2D eigenvalue weighted by atomic mass is 16.6. The third-order valence-corrected chi connectivity index (χ3v) is 5.47. The Balaban J connectivity index is 1.96. The van der Waals surface area contributed by atoms with E-state index in [1.54, 1.807) is 31.2 Å². The number of aliphatic carboxylic acids is 1. The summed E-state index contributed by atoms with van der Waals surface area (Å²) in [5.41, 5.74) is 3.29. The summed E-state index contributed by atoms with van der Waals surface area (Å²) in [6, 6.07) is 19.0. The van der Waals surface area contributed by atoms with Gasteiger partial charge in [0, 0.05) is 18.7 Å². The second-order valence-electron chi connectivity index (χ2n) is 7.84. The fourth-order valence-corrected chi connectivity index (χ4v) is 3.69. The summed E-state index contributed by atoms with van der Waals surface area (Å²) in [4.78, 5) is 37.2. The summed E-state index contributed by atoms with van der Waals surface area (Å²) in [5, 5.41) is 18.7. The SMILES string of the molecule is CCN(Cc1cc(C(=O)O)ccc1-c1cc(CC(=O)O)ccc1OC)C(=O)OCc1ccccc1. The lowest BCUT2D eigenvalue weighted by molar-refractivity contribution is -0.136. The minimum Gasteiger partial charge on any atom is -0.496 e. The first-order valence-corrected chi connectivity index (χ1v) is 11.0. The van der Waals surface area contributed by atoms with Crippen LogP contribution < -0.4 is 4.74 Å². The highest BCUT2D eigenvalue weighted by Crippen LogP contribution is 2.35. The van der Waals surface area contributed by atoms with Gasteiger partial charge in [-0.1, -0.05) is 42.5 Å². The van der Waals surface area contributed by atoms with E-state index in [1.807, 2.05) is 30.3 Å². The second-order valence-corrected chi connectivity index (χ2v) is 7.84. The van der Waals surface area contributed by atoms with Crippen LogP contribution in [0.4, 0.5) is 4.79 Å².